The standard InChI is InChI=1S/C19H22ClNO4/c1-19(2,3)12-6-8-16(22)13(10-12)17(23)21-15-7-5-11(9-14(15)20)18(24)25-4/h6,8-10,22H,5,7H2,1-4H3,(H,21,23). The van der Waals surface area contributed by atoms with E-state index < -0.39 is 11.9 Å². The smallest absolute Gasteiger partial charge is 0.333 e. The molecule has 0 spiro atoms. The van der Waals surface area contributed by atoms with E-state index in [0.717, 1.165) is 5.56 Å². The number of phenols is 1. The van der Waals surface area contributed by atoms with Crippen molar-refractivity contribution in [1.29, 1.82) is 0 Å². The number of rotatable bonds is 3. The van der Waals surface area contributed by atoms with Gasteiger partial charge in [-0.15, -0.1) is 0 Å². The van der Waals surface area contributed by atoms with Crippen molar-refractivity contribution in [2.45, 2.75) is 39.0 Å². The largest absolute Gasteiger partial charge is 0.507 e. The number of esters is 1. The number of carbonyl (C=O) groups is 2. The van der Waals surface area contributed by atoms with Crippen LogP contribution in [0.25, 0.3) is 0 Å². The van der Waals surface area contributed by atoms with Crippen LogP contribution in [0, 0.1) is 0 Å². The Morgan fingerprint density at radius 3 is 2.48 bits per heavy atom. The Morgan fingerprint density at radius 2 is 1.92 bits per heavy atom. The van der Waals surface area contributed by atoms with Gasteiger partial charge in [-0.25, -0.2) is 4.79 Å². The third-order valence-electron chi connectivity index (χ3n) is 4.05. The zero-order valence-corrected chi connectivity index (χ0v) is 15.5. The molecule has 0 radical (unpaired) electrons. The van der Waals surface area contributed by atoms with Crippen LogP contribution in [0.3, 0.4) is 0 Å². The molecule has 1 aromatic carbocycles. The summed E-state index contributed by atoms with van der Waals surface area (Å²) in [4.78, 5) is 24.1. The van der Waals surface area contributed by atoms with Crippen LogP contribution in [0.2, 0.25) is 0 Å². The van der Waals surface area contributed by atoms with E-state index in [0.29, 0.717) is 24.1 Å². The maximum atomic E-state index is 12.6. The summed E-state index contributed by atoms with van der Waals surface area (Å²) >= 11 is 6.17. The van der Waals surface area contributed by atoms with E-state index in [1.165, 1.54) is 19.3 Å². The molecular formula is C19H22ClNO4. The molecule has 0 bridgehead atoms. The number of carbonyl (C=O) groups excluding carboxylic acids is 2. The zero-order chi connectivity index (χ0) is 18.8. The molecule has 0 heterocycles. The van der Waals surface area contributed by atoms with Gasteiger partial charge in [0.05, 0.1) is 17.7 Å². The van der Waals surface area contributed by atoms with Crippen LogP contribution in [0.4, 0.5) is 0 Å². The Labute approximate surface area is 152 Å². The number of hydrogen-bond donors (Lipinski definition) is 2. The Hall–Kier alpha value is -2.27. The van der Waals surface area contributed by atoms with Crippen molar-refractivity contribution >= 4 is 23.5 Å². The lowest BCUT2D eigenvalue weighted by Gasteiger charge is -2.21. The number of ether oxygens (including phenoxy) is 1. The lowest BCUT2D eigenvalue weighted by Crippen LogP contribution is -2.26. The lowest BCUT2D eigenvalue weighted by atomic mass is 9.86. The Kier molecular flexibility index (Phi) is 5.58. The average Bonchev–Trinajstić information content (AvgIpc) is 2.55. The molecule has 1 aromatic rings. The highest BCUT2D eigenvalue weighted by Crippen LogP contribution is 2.29. The maximum Gasteiger partial charge on any atom is 0.333 e. The van der Waals surface area contributed by atoms with Crippen molar-refractivity contribution in [3.8, 4) is 5.75 Å². The summed E-state index contributed by atoms with van der Waals surface area (Å²) in [5.41, 5.74) is 1.95. The number of hydrogen-bond acceptors (Lipinski definition) is 4. The second-order valence-corrected chi connectivity index (χ2v) is 7.33. The van der Waals surface area contributed by atoms with Gasteiger partial charge in [0.2, 0.25) is 0 Å². The molecule has 134 valence electrons. The first-order valence-corrected chi connectivity index (χ1v) is 8.33. The van der Waals surface area contributed by atoms with Gasteiger partial charge in [0.25, 0.3) is 5.91 Å². The summed E-state index contributed by atoms with van der Waals surface area (Å²) in [6, 6.07) is 4.99. The van der Waals surface area contributed by atoms with E-state index in [-0.39, 0.29) is 21.8 Å². The van der Waals surface area contributed by atoms with E-state index in [9.17, 15) is 14.7 Å². The summed E-state index contributed by atoms with van der Waals surface area (Å²) in [5, 5.41) is 13.0. The van der Waals surface area contributed by atoms with Gasteiger partial charge >= 0.3 is 5.97 Å². The monoisotopic (exact) mass is 363 g/mol. The molecule has 0 aliphatic heterocycles. The second kappa shape index (κ2) is 7.31. The summed E-state index contributed by atoms with van der Waals surface area (Å²) in [7, 11) is 1.31. The van der Waals surface area contributed by atoms with Crippen LogP contribution >= 0.6 is 11.6 Å². The number of aromatic hydroxyl groups is 1. The Balaban J connectivity index is 2.26. The molecule has 1 amide bonds. The molecule has 2 rings (SSSR count). The Bertz CT molecular complexity index is 772. The highest BCUT2D eigenvalue weighted by Gasteiger charge is 2.22. The highest BCUT2D eigenvalue weighted by molar-refractivity contribution is 6.32. The summed E-state index contributed by atoms with van der Waals surface area (Å²) in [5.74, 6) is -0.963. The minimum absolute atomic E-state index is 0.0937. The number of allylic oxidation sites excluding steroid dienone is 3. The predicted molar refractivity (Wildman–Crippen MR) is 96.5 cm³/mol. The fraction of sp³-hybridized carbons (Fsp3) is 0.368. The maximum absolute atomic E-state index is 12.6. The van der Waals surface area contributed by atoms with Crippen LogP contribution < -0.4 is 5.32 Å². The molecule has 1 aliphatic rings. The molecule has 25 heavy (non-hydrogen) atoms. The molecule has 1 aliphatic carbocycles. The highest BCUT2D eigenvalue weighted by atomic mass is 35.5. The molecule has 0 aromatic heterocycles. The summed E-state index contributed by atoms with van der Waals surface area (Å²) < 4.78 is 4.68. The fourth-order valence-electron chi connectivity index (χ4n) is 2.49. The van der Waals surface area contributed by atoms with Gasteiger partial charge in [-0.05, 0) is 42.0 Å². The molecule has 0 saturated heterocycles. The minimum Gasteiger partial charge on any atom is -0.507 e. The van der Waals surface area contributed by atoms with Crippen molar-refractivity contribution in [3.63, 3.8) is 0 Å². The van der Waals surface area contributed by atoms with Gasteiger partial charge in [-0.3, -0.25) is 4.79 Å². The molecule has 0 fully saturated rings. The minimum atomic E-state index is -0.438. The topological polar surface area (TPSA) is 75.6 Å². The fourth-order valence-corrected chi connectivity index (χ4v) is 2.77. The van der Waals surface area contributed by atoms with Crippen molar-refractivity contribution in [3.05, 3.63) is 51.7 Å². The number of methoxy groups -OCH3 is 1. The van der Waals surface area contributed by atoms with Gasteiger partial charge in [0, 0.05) is 11.3 Å². The van der Waals surface area contributed by atoms with Crippen LogP contribution in [-0.4, -0.2) is 24.1 Å². The van der Waals surface area contributed by atoms with Crippen LogP contribution in [0.1, 0.15) is 49.5 Å². The number of amides is 1. The van der Waals surface area contributed by atoms with Crippen LogP contribution in [-0.2, 0) is 14.9 Å². The average molecular weight is 364 g/mol. The first-order valence-electron chi connectivity index (χ1n) is 7.96. The van der Waals surface area contributed by atoms with Crippen molar-refractivity contribution in [1.82, 2.24) is 5.32 Å². The van der Waals surface area contributed by atoms with E-state index in [1.807, 2.05) is 20.8 Å². The van der Waals surface area contributed by atoms with Gasteiger partial charge in [-0.2, -0.15) is 0 Å². The van der Waals surface area contributed by atoms with E-state index in [1.54, 1.807) is 12.1 Å². The second-order valence-electron chi connectivity index (χ2n) is 6.92. The molecule has 5 nitrogen and oxygen atoms in total. The molecule has 6 heteroatoms. The molecule has 0 saturated carbocycles. The number of halogens is 1. The van der Waals surface area contributed by atoms with E-state index >= 15 is 0 Å². The first kappa shape index (κ1) is 19.1. The molecule has 0 atom stereocenters. The molecule has 0 unspecified atom stereocenters. The van der Waals surface area contributed by atoms with Gasteiger partial charge in [0.1, 0.15) is 5.75 Å². The number of phenolic OH excluding ortho intramolecular Hbond substituents is 1. The summed E-state index contributed by atoms with van der Waals surface area (Å²) in [6.07, 6.45) is 2.33. The first-order chi connectivity index (χ1) is 11.6. The molecule has 2 N–H and O–H groups in total. The lowest BCUT2D eigenvalue weighted by molar-refractivity contribution is -0.136. The van der Waals surface area contributed by atoms with E-state index in [4.69, 9.17) is 11.6 Å². The molecular weight excluding hydrogens is 342 g/mol. The van der Waals surface area contributed by atoms with Gasteiger partial charge < -0.3 is 15.2 Å². The van der Waals surface area contributed by atoms with Crippen LogP contribution in [0.5, 0.6) is 5.75 Å². The normalized spacial score (nSPS) is 14.8. The van der Waals surface area contributed by atoms with Crippen molar-refractivity contribution < 1.29 is 19.4 Å². The number of benzene rings is 1. The third-order valence-corrected chi connectivity index (χ3v) is 4.39. The van der Waals surface area contributed by atoms with Crippen LogP contribution in [0.15, 0.2) is 40.6 Å². The van der Waals surface area contributed by atoms with Crippen molar-refractivity contribution in [2.24, 2.45) is 0 Å². The van der Waals surface area contributed by atoms with Crippen molar-refractivity contribution in [2.75, 3.05) is 7.11 Å². The zero-order valence-electron chi connectivity index (χ0n) is 14.8. The third kappa shape index (κ3) is 4.42. The number of nitrogens with one attached hydrogen (secondary N) is 1. The van der Waals surface area contributed by atoms with E-state index in [2.05, 4.69) is 10.1 Å². The quantitative estimate of drug-likeness (QED) is 0.802. The van der Waals surface area contributed by atoms with Gasteiger partial charge in [-0.1, -0.05) is 38.4 Å². The van der Waals surface area contributed by atoms with Gasteiger partial charge in [0.15, 0.2) is 0 Å². The Morgan fingerprint density at radius 1 is 1.24 bits per heavy atom. The SMILES string of the molecule is COC(=O)C1=CC(Cl)=C(NC(=O)c2cc(C(C)(C)C)ccc2O)CC1. The summed E-state index contributed by atoms with van der Waals surface area (Å²) in [6.45, 7) is 6.09. The predicted octanol–water partition coefficient (Wildman–Crippen LogP) is 3.76.